The Hall–Kier alpha value is -0.240. The molecule has 2 amide bonds. The average Bonchev–Trinajstić information content (AvgIpc) is 2.65. The van der Waals surface area contributed by atoms with Crippen LogP contribution in [0.15, 0.2) is 0 Å². The van der Waals surface area contributed by atoms with Gasteiger partial charge in [0.25, 0.3) is 11.8 Å². The van der Waals surface area contributed by atoms with Crippen molar-refractivity contribution in [3.8, 4) is 0 Å². The zero-order chi connectivity index (χ0) is 22.9. The molecule has 0 aliphatic heterocycles. The standard InChI is InChI=1S/C14H24N6O8S2.2Na/c1-19(2)11-9(13(21)15-5-7-29-28-27-23)17-12(20(3)4)10(18-11)14(22)16-6-8-30(24,25)26;;/h23H,5-8H2,1-4H3,(H,15,21)(H,16,22)(H,24,25,26);;/q;2*+1/p-2. The van der Waals surface area contributed by atoms with Gasteiger partial charge in [0.1, 0.15) is 0 Å². The summed E-state index contributed by atoms with van der Waals surface area (Å²) in [4.78, 5) is 36.4. The Balaban J connectivity index is 0. The number of nitrogens with zero attached hydrogens (tertiary/aromatic N) is 4. The van der Waals surface area contributed by atoms with Crippen molar-refractivity contribution in [3.05, 3.63) is 11.4 Å². The molecule has 1 aromatic rings. The van der Waals surface area contributed by atoms with Crippen molar-refractivity contribution in [2.75, 3.05) is 62.6 Å². The van der Waals surface area contributed by atoms with Gasteiger partial charge in [-0.25, -0.2) is 18.4 Å². The molecule has 14 nitrogen and oxygen atoms in total. The van der Waals surface area contributed by atoms with Gasteiger partial charge in [-0.15, -0.1) is 0 Å². The molecule has 1 rings (SSSR count). The summed E-state index contributed by atoms with van der Waals surface area (Å²) < 4.78 is 36.2. The number of rotatable bonds is 12. The molecule has 32 heavy (non-hydrogen) atoms. The zero-order valence-corrected chi connectivity index (χ0v) is 24.3. The topological polar surface area (TPSA) is 189 Å². The summed E-state index contributed by atoms with van der Waals surface area (Å²) >= 11 is 0.702. The summed E-state index contributed by atoms with van der Waals surface area (Å²) in [5.74, 6) is -1.73. The first-order chi connectivity index (χ1) is 14.0. The molecular formula is C14H22N6Na2O8S2. The Morgan fingerprint density at radius 1 is 0.969 bits per heavy atom. The van der Waals surface area contributed by atoms with E-state index in [2.05, 4.69) is 30.0 Å². The third kappa shape index (κ3) is 11.8. The molecule has 1 heterocycles. The van der Waals surface area contributed by atoms with Crippen LogP contribution in [-0.2, 0) is 19.5 Å². The summed E-state index contributed by atoms with van der Waals surface area (Å²) in [7, 11) is 1.86. The molecule has 0 unspecified atom stereocenters. The quantitative estimate of drug-likeness (QED) is 0.0671. The average molecular weight is 512 g/mol. The van der Waals surface area contributed by atoms with Crippen LogP contribution in [0, 0.1) is 0 Å². The Kier molecular flexibility index (Phi) is 17.4. The van der Waals surface area contributed by atoms with Gasteiger partial charge in [-0.3, -0.25) is 14.6 Å². The van der Waals surface area contributed by atoms with Crippen molar-refractivity contribution in [2.24, 2.45) is 0 Å². The maximum Gasteiger partial charge on any atom is 1.00 e. The van der Waals surface area contributed by atoms with Gasteiger partial charge in [0.05, 0.1) is 15.9 Å². The van der Waals surface area contributed by atoms with Crippen LogP contribution in [0.2, 0.25) is 0 Å². The maximum atomic E-state index is 12.5. The van der Waals surface area contributed by atoms with Gasteiger partial charge >= 0.3 is 59.1 Å². The SMILES string of the molecule is CN(C)c1nc(C(=O)NCCS(=O)(=O)[O-])c(N(C)C)nc1C(=O)NCCSOO[O-].[Na+].[Na+]. The second kappa shape index (κ2) is 16.4. The maximum absolute atomic E-state index is 12.5. The van der Waals surface area contributed by atoms with Crippen LogP contribution in [0.1, 0.15) is 21.0 Å². The molecule has 170 valence electrons. The van der Waals surface area contributed by atoms with E-state index < -0.39 is 34.2 Å². The van der Waals surface area contributed by atoms with Crippen LogP contribution in [0.4, 0.5) is 11.6 Å². The molecule has 2 N–H and O–H groups in total. The van der Waals surface area contributed by atoms with Crippen molar-refractivity contribution in [1.29, 1.82) is 0 Å². The normalized spacial score (nSPS) is 10.4. The number of carbonyl (C=O) groups is 2. The second-order valence-corrected chi connectivity index (χ2v) is 8.39. The second-order valence-electron chi connectivity index (χ2n) is 6.09. The minimum Gasteiger partial charge on any atom is -0.748 e. The number of aromatic nitrogens is 2. The number of carbonyl (C=O) groups excluding carboxylic acids is 2. The van der Waals surface area contributed by atoms with E-state index in [0.717, 1.165) is 0 Å². The summed E-state index contributed by atoms with van der Waals surface area (Å²) in [5, 5.41) is 17.8. The first-order valence-corrected chi connectivity index (χ1v) is 10.8. The van der Waals surface area contributed by atoms with Crippen LogP contribution in [0.25, 0.3) is 0 Å². The number of nitrogens with one attached hydrogen (secondary N) is 2. The van der Waals surface area contributed by atoms with E-state index in [1.165, 1.54) is 9.80 Å². The van der Waals surface area contributed by atoms with E-state index in [1.807, 2.05) is 0 Å². The first kappa shape index (κ1) is 33.9. The van der Waals surface area contributed by atoms with Crippen molar-refractivity contribution in [1.82, 2.24) is 20.6 Å². The monoisotopic (exact) mass is 512 g/mol. The minimum absolute atomic E-state index is 0. The molecule has 18 heteroatoms. The molecular weight excluding hydrogens is 490 g/mol. The van der Waals surface area contributed by atoms with E-state index in [4.69, 9.17) is 0 Å². The van der Waals surface area contributed by atoms with Gasteiger partial charge in [0.2, 0.25) is 0 Å². The largest absolute Gasteiger partial charge is 1.00 e. The molecule has 0 bridgehead atoms. The Morgan fingerprint density at radius 3 is 1.78 bits per heavy atom. The van der Waals surface area contributed by atoms with Gasteiger partial charge in [0, 0.05) is 59.1 Å². The summed E-state index contributed by atoms with van der Waals surface area (Å²) in [6.45, 7) is -0.268. The van der Waals surface area contributed by atoms with Crippen molar-refractivity contribution >= 4 is 45.6 Å². The number of hydrogen-bond donors (Lipinski definition) is 2. The Labute approximate surface area is 234 Å². The zero-order valence-electron chi connectivity index (χ0n) is 18.7. The minimum atomic E-state index is -4.49. The van der Waals surface area contributed by atoms with Crippen molar-refractivity contribution in [3.63, 3.8) is 0 Å². The summed E-state index contributed by atoms with van der Waals surface area (Å²) in [6.07, 6.45) is 0. The van der Waals surface area contributed by atoms with Gasteiger partial charge in [0.15, 0.2) is 23.0 Å². The van der Waals surface area contributed by atoms with Gasteiger partial charge in [-0.05, 0) is 0 Å². The van der Waals surface area contributed by atoms with E-state index in [-0.39, 0.29) is 94.4 Å². The third-order valence-electron chi connectivity index (χ3n) is 3.32. The molecule has 0 fully saturated rings. The van der Waals surface area contributed by atoms with Crippen molar-refractivity contribution < 1.29 is 96.3 Å². The van der Waals surface area contributed by atoms with E-state index >= 15 is 0 Å². The van der Waals surface area contributed by atoms with E-state index in [1.54, 1.807) is 28.2 Å². The molecule has 0 spiro atoms. The third-order valence-corrected chi connectivity index (χ3v) is 4.55. The van der Waals surface area contributed by atoms with Crippen LogP contribution < -0.4 is 84.8 Å². The van der Waals surface area contributed by atoms with Gasteiger partial charge < -0.3 is 30.2 Å². The van der Waals surface area contributed by atoms with Gasteiger partial charge in [-0.2, -0.15) is 4.33 Å². The predicted octanol–water partition coefficient (Wildman–Crippen LogP) is -8.51. The Bertz CT molecular complexity index is 860. The molecule has 0 radical (unpaired) electrons. The van der Waals surface area contributed by atoms with E-state index in [9.17, 15) is 27.8 Å². The van der Waals surface area contributed by atoms with Crippen LogP contribution >= 0.6 is 12.0 Å². The predicted molar refractivity (Wildman–Crippen MR) is 105 cm³/mol. The summed E-state index contributed by atoms with van der Waals surface area (Å²) in [6, 6.07) is 0. The van der Waals surface area contributed by atoms with Crippen LogP contribution in [-0.4, -0.2) is 87.5 Å². The molecule has 0 saturated carbocycles. The Morgan fingerprint density at radius 2 is 1.41 bits per heavy atom. The summed E-state index contributed by atoms with van der Waals surface area (Å²) in [5.41, 5.74) is -0.214. The fourth-order valence-electron chi connectivity index (χ4n) is 2.06. The van der Waals surface area contributed by atoms with Crippen LogP contribution in [0.3, 0.4) is 0 Å². The van der Waals surface area contributed by atoms with Crippen LogP contribution in [0.5, 0.6) is 0 Å². The van der Waals surface area contributed by atoms with E-state index in [0.29, 0.717) is 12.0 Å². The number of amides is 2. The molecule has 0 atom stereocenters. The fraction of sp³-hybridized carbons (Fsp3) is 0.571. The van der Waals surface area contributed by atoms with Crippen molar-refractivity contribution in [2.45, 2.75) is 0 Å². The molecule has 0 aromatic carbocycles. The smallest absolute Gasteiger partial charge is 0.748 e. The number of hydrogen-bond acceptors (Lipinski definition) is 13. The van der Waals surface area contributed by atoms with Gasteiger partial charge in [-0.1, -0.05) is 0 Å². The molecule has 1 aromatic heterocycles. The fourth-order valence-corrected chi connectivity index (χ4v) is 2.71. The molecule has 0 aliphatic carbocycles. The molecule has 0 aliphatic rings. The first-order valence-electron chi connectivity index (χ1n) is 8.32. The molecule has 0 saturated heterocycles. The number of anilines is 2.